The van der Waals surface area contributed by atoms with Crippen LogP contribution in [0.25, 0.3) is 0 Å². The van der Waals surface area contributed by atoms with Gasteiger partial charge < -0.3 is 15.4 Å². The summed E-state index contributed by atoms with van der Waals surface area (Å²) in [5, 5.41) is 5.51. The van der Waals surface area contributed by atoms with Gasteiger partial charge in [0, 0.05) is 12.2 Å². The van der Waals surface area contributed by atoms with Crippen LogP contribution in [0.5, 0.6) is 0 Å². The fourth-order valence-electron chi connectivity index (χ4n) is 2.49. The number of cyclic esters (lactones) is 1. The van der Waals surface area contributed by atoms with Gasteiger partial charge >= 0.3 is 12.1 Å². The molecule has 1 unspecified atom stereocenters. The number of carbonyl (C=O) groups is 2. The van der Waals surface area contributed by atoms with E-state index in [1.165, 1.54) is 0 Å². The van der Waals surface area contributed by atoms with Crippen LogP contribution in [0.15, 0.2) is 60.7 Å². The van der Waals surface area contributed by atoms with Gasteiger partial charge in [-0.1, -0.05) is 48.5 Å². The number of urea groups is 1. The van der Waals surface area contributed by atoms with Crippen LogP contribution < -0.4 is 15.5 Å². The summed E-state index contributed by atoms with van der Waals surface area (Å²) < 4.78 is 5.29. The lowest BCUT2D eigenvalue weighted by atomic mass is 10.2. The van der Waals surface area contributed by atoms with Crippen LogP contribution >= 0.6 is 0 Å². The van der Waals surface area contributed by atoms with E-state index in [9.17, 15) is 9.59 Å². The standard InChI is InChI=1S/C18H19N3O3/c22-17(19-11-14-7-3-1-4-8-14)20-12-16-13-21(18(23)24-16)15-9-5-2-6-10-15/h1-10,16H,11-13H2,(H2,19,20,22). The summed E-state index contributed by atoms with van der Waals surface area (Å²) >= 11 is 0. The van der Waals surface area contributed by atoms with Gasteiger partial charge in [-0.2, -0.15) is 0 Å². The Morgan fingerprint density at radius 1 is 1.04 bits per heavy atom. The van der Waals surface area contributed by atoms with Crippen molar-refractivity contribution >= 4 is 17.8 Å². The first-order chi connectivity index (χ1) is 11.7. The molecule has 6 heteroatoms. The van der Waals surface area contributed by atoms with Crippen molar-refractivity contribution in [2.24, 2.45) is 0 Å². The molecule has 24 heavy (non-hydrogen) atoms. The predicted molar refractivity (Wildman–Crippen MR) is 90.7 cm³/mol. The van der Waals surface area contributed by atoms with Gasteiger partial charge in [-0.3, -0.25) is 4.90 Å². The molecule has 0 bridgehead atoms. The first-order valence-electron chi connectivity index (χ1n) is 7.81. The highest BCUT2D eigenvalue weighted by molar-refractivity contribution is 5.89. The molecule has 0 spiro atoms. The molecular formula is C18H19N3O3. The number of nitrogens with one attached hydrogen (secondary N) is 2. The maximum Gasteiger partial charge on any atom is 0.414 e. The van der Waals surface area contributed by atoms with Crippen LogP contribution in [0.2, 0.25) is 0 Å². The van der Waals surface area contributed by atoms with E-state index in [0.29, 0.717) is 13.1 Å². The van der Waals surface area contributed by atoms with Crippen LogP contribution in [0.4, 0.5) is 15.3 Å². The average molecular weight is 325 g/mol. The van der Waals surface area contributed by atoms with Crippen LogP contribution in [0, 0.1) is 0 Å². The Hall–Kier alpha value is -3.02. The Bertz CT molecular complexity index is 691. The first-order valence-corrected chi connectivity index (χ1v) is 7.81. The number of nitrogens with zero attached hydrogens (tertiary/aromatic N) is 1. The van der Waals surface area contributed by atoms with E-state index >= 15 is 0 Å². The van der Waals surface area contributed by atoms with Crippen molar-refractivity contribution in [1.82, 2.24) is 10.6 Å². The number of carbonyl (C=O) groups excluding carboxylic acids is 2. The third-order valence-electron chi connectivity index (χ3n) is 3.73. The Labute approximate surface area is 140 Å². The van der Waals surface area contributed by atoms with E-state index in [4.69, 9.17) is 4.74 Å². The summed E-state index contributed by atoms with van der Waals surface area (Å²) in [6.07, 6.45) is -0.752. The first kappa shape index (κ1) is 15.9. The quantitative estimate of drug-likeness (QED) is 0.887. The predicted octanol–water partition coefficient (Wildman–Crippen LogP) is 2.51. The van der Waals surface area contributed by atoms with Gasteiger partial charge in [-0.25, -0.2) is 9.59 Å². The zero-order valence-corrected chi connectivity index (χ0v) is 13.1. The third-order valence-corrected chi connectivity index (χ3v) is 3.73. The monoisotopic (exact) mass is 325 g/mol. The average Bonchev–Trinajstić information content (AvgIpc) is 3.00. The SMILES string of the molecule is O=C(NCc1ccccc1)NCC1CN(c2ccccc2)C(=O)O1. The number of amides is 3. The van der Waals surface area contributed by atoms with Crippen LogP contribution in [-0.4, -0.2) is 31.3 Å². The molecule has 6 nitrogen and oxygen atoms in total. The molecule has 1 heterocycles. The van der Waals surface area contributed by atoms with E-state index < -0.39 is 6.09 Å². The second-order valence-electron chi connectivity index (χ2n) is 5.50. The lowest BCUT2D eigenvalue weighted by molar-refractivity contribution is 0.140. The molecule has 0 saturated carbocycles. The Morgan fingerprint density at radius 2 is 1.71 bits per heavy atom. The Kier molecular flexibility index (Phi) is 4.96. The van der Waals surface area contributed by atoms with Crippen LogP contribution in [0.1, 0.15) is 5.56 Å². The third kappa shape index (κ3) is 4.04. The molecule has 0 radical (unpaired) electrons. The van der Waals surface area contributed by atoms with E-state index in [-0.39, 0.29) is 18.7 Å². The Morgan fingerprint density at radius 3 is 2.42 bits per heavy atom. The second-order valence-corrected chi connectivity index (χ2v) is 5.50. The van der Waals surface area contributed by atoms with Crippen molar-refractivity contribution in [3.63, 3.8) is 0 Å². The van der Waals surface area contributed by atoms with Gasteiger partial charge in [0.05, 0.1) is 13.1 Å². The fraction of sp³-hybridized carbons (Fsp3) is 0.222. The highest BCUT2D eigenvalue weighted by Gasteiger charge is 2.32. The minimum atomic E-state index is -0.391. The lowest BCUT2D eigenvalue weighted by Crippen LogP contribution is -2.40. The zero-order chi connectivity index (χ0) is 16.8. The van der Waals surface area contributed by atoms with Crippen LogP contribution in [-0.2, 0) is 11.3 Å². The molecule has 2 N–H and O–H groups in total. The van der Waals surface area contributed by atoms with Gasteiger partial charge in [0.25, 0.3) is 0 Å². The number of hydrogen-bond acceptors (Lipinski definition) is 3. The largest absolute Gasteiger partial charge is 0.442 e. The maximum absolute atomic E-state index is 11.9. The summed E-state index contributed by atoms with van der Waals surface area (Å²) in [5.74, 6) is 0. The topological polar surface area (TPSA) is 70.7 Å². The molecule has 1 atom stereocenters. The number of anilines is 1. The number of rotatable bonds is 5. The molecule has 0 aromatic heterocycles. The van der Waals surface area contributed by atoms with Crippen molar-refractivity contribution < 1.29 is 14.3 Å². The molecule has 0 aliphatic carbocycles. The molecule has 2 aromatic rings. The summed E-state index contributed by atoms with van der Waals surface area (Å²) in [6.45, 7) is 1.14. The van der Waals surface area contributed by atoms with Gasteiger partial charge in [0.2, 0.25) is 0 Å². The smallest absolute Gasteiger partial charge is 0.414 e. The summed E-state index contributed by atoms with van der Waals surface area (Å²) in [6, 6.07) is 18.7. The minimum Gasteiger partial charge on any atom is -0.442 e. The Balaban J connectivity index is 1.44. The highest BCUT2D eigenvalue weighted by atomic mass is 16.6. The second kappa shape index (κ2) is 7.50. The van der Waals surface area contributed by atoms with Crippen molar-refractivity contribution in [1.29, 1.82) is 0 Å². The number of para-hydroxylation sites is 1. The van der Waals surface area contributed by atoms with Gasteiger partial charge in [-0.05, 0) is 17.7 Å². The van der Waals surface area contributed by atoms with E-state index in [1.807, 2.05) is 60.7 Å². The molecular weight excluding hydrogens is 306 g/mol. The van der Waals surface area contributed by atoms with Crippen LogP contribution in [0.3, 0.4) is 0 Å². The summed E-state index contributed by atoms with van der Waals surface area (Å²) in [4.78, 5) is 25.3. The van der Waals surface area contributed by atoms with Crippen molar-refractivity contribution in [2.45, 2.75) is 12.6 Å². The van der Waals surface area contributed by atoms with Gasteiger partial charge in [0.15, 0.2) is 0 Å². The van der Waals surface area contributed by atoms with Gasteiger partial charge in [-0.15, -0.1) is 0 Å². The van der Waals surface area contributed by atoms with Crippen molar-refractivity contribution in [2.75, 3.05) is 18.0 Å². The summed E-state index contributed by atoms with van der Waals surface area (Å²) in [7, 11) is 0. The fourth-order valence-corrected chi connectivity index (χ4v) is 2.49. The normalized spacial score (nSPS) is 16.6. The zero-order valence-electron chi connectivity index (χ0n) is 13.1. The molecule has 1 aliphatic heterocycles. The highest BCUT2D eigenvalue weighted by Crippen LogP contribution is 2.20. The van der Waals surface area contributed by atoms with Crippen molar-refractivity contribution in [3.05, 3.63) is 66.2 Å². The molecule has 1 fully saturated rings. The van der Waals surface area contributed by atoms with E-state index in [0.717, 1.165) is 11.3 Å². The summed E-state index contributed by atoms with van der Waals surface area (Å²) in [5.41, 5.74) is 1.81. The van der Waals surface area contributed by atoms with Crippen molar-refractivity contribution in [3.8, 4) is 0 Å². The molecule has 1 aliphatic rings. The number of hydrogen-bond donors (Lipinski definition) is 2. The van der Waals surface area contributed by atoms with Gasteiger partial charge in [0.1, 0.15) is 6.10 Å². The molecule has 124 valence electrons. The molecule has 1 saturated heterocycles. The minimum absolute atomic E-state index is 0.274. The molecule has 3 amide bonds. The molecule has 2 aromatic carbocycles. The lowest BCUT2D eigenvalue weighted by Gasteiger charge is -2.13. The number of benzene rings is 2. The maximum atomic E-state index is 11.9. The van der Waals surface area contributed by atoms with E-state index in [1.54, 1.807) is 4.90 Å². The number of ether oxygens (including phenoxy) is 1. The van der Waals surface area contributed by atoms with E-state index in [2.05, 4.69) is 10.6 Å². The molecule has 3 rings (SSSR count).